The Hall–Kier alpha value is -0.240. The van der Waals surface area contributed by atoms with Gasteiger partial charge in [-0.2, -0.15) is 0 Å². The maximum Gasteiger partial charge on any atom is 0.0470 e. The SMILES string of the molecule is C1=CSC(C2CCCCCCCCCCC2)C=N1. The van der Waals surface area contributed by atoms with Gasteiger partial charge in [0.1, 0.15) is 0 Å². The third-order valence-electron chi connectivity index (χ3n) is 4.23. The molecule has 1 aliphatic heterocycles. The van der Waals surface area contributed by atoms with Gasteiger partial charge in [0, 0.05) is 17.7 Å². The van der Waals surface area contributed by atoms with Crippen molar-refractivity contribution in [2.75, 3.05) is 0 Å². The molecule has 2 heteroatoms. The zero-order valence-corrected chi connectivity index (χ0v) is 12.3. The van der Waals surface area contributed by atoms with E-state index in [-0.39, 0.29) is 0 Å². The summed E-state index contributed by atoms with van der Waals surface area (Å²) in [4.78, 5) is 4.34. The van der Waals surface area contributed by atoms with Crippen molar-refractivity contribution < 1.29 is 0 Å². The van der Waals surface area contributed by atoms with E-state index in [2.05, 4.69) is 16.6 Å². The van der Waals surface area contributed by atoms with Crippen molar-refractivity contribution in [2.24, 2.45) is 10.9 Å². The predicted octanol–water partition coefficient (Wildman–Crippen LogP) is 5.56. The number of nitrogens with zero attached hydrogens (tertiary/aromatic N) is 1. The molecule has 1 unspecified atom stereocenters. The first-order valence-corrected chi connectivity index (χ1v) is 8.75. The van der Waals surface area contributed by atoms with E-state index in [4.69, 9.17) is 0 Å². The molecule has 0 bridgehead atoms. The average molecular weight is 265 g/mol. The summed E-state index contributed by atoms with van der Waals surface area (Å²) in [6, 6.07) is 0. The smallest absolute Gasteiger partial charge is 0.0470 e. The number of hydrogen-bond donors (Lipinski definition) is 0. The summed E-state index contributed by atoms with van der Waals surface area (Å²) >= 11 is 1.98. The molecule has 1 aliphatic carbocycles. The van der Waals surface area contributed by atoms with Crippen LogP contribution in [0.5, 0.6) is 0 Å². The van der Waals surface area contributed by atoms with Crippen molar-refractivity contribution in [1.82, 2.24) is 0 Å². The molecule has 1 saturated carbocycles. The first-order chi connectivity index (χ1) is 8.97. The largest absolute Gasteiger partial charge is 0.267 e. The summed E-state index contributed by atoms with van der Waals surface area (Å²) in [6.45, 7) is 0. The molecule has 0 saturated heterocycles. The van der Waals surface area contributed by atoms with Crippen LogP contribution >= 0.6 is 11.8 Å². The highest BCUT2D eigenvalue weighted by Crippen LogP contribution is 2.31. The van der Waals surface area contributed by atoms with Crippen molar-refractivity contribution in [3.63, 3.8) is 0 Å². The summed E-state index contributed by atoms with van der Waals surface area (Å²) < 4.78 is 0. The summed E-state index contributed by atoms with van der Waals surface area (Å²) in [5, 5.41) is 2.82. The topological polar surface area (TPSA) is 12.4 Å². The lowest BCUT2D eigenvalue weighted by Crippen LogP contribution is -2.19. The van der Waals surface area contributed by atoms with Gasteiger partial charge in [-0.3, -0.25) is 4.99 Å². The summed E-state index contributed by atoms with van der Waals surface area (Å²) in [6.07, 6.45) is 20.0. The van der Waals surface area contributed by atoms with Crippen LogP contribution in [0.2, 0.25) is 0 Å². The fraction of sp³-hybridized carbons (Fsp3) is 0.812. The molecule has 0 N–H and O–H groups in total. The van der Waals surface area contributed by atoms with E-state index < -0.39 is 0 Å². The lowest BCUT2D eigenvalue weighted by molar-refractivity contribution is 0.411. The Morgan fingerprint density at radius 2 is 1.33 bits per heavy atom. The molecular weight excluding hydrogens is 238 g/mol. The normalized spacial score (nSPS) is 28.6. The highest BCUT2D eigenvalue weighted by atomic mass is 32.2. The van der Waals surface area contributed by atoms with Gasteiger partial charge in [0.15, 0.2) is 0 Å². The zero-order valence-electron chi connectivity index (χ0n) is 11.5. The molecule has 0 amide bonds. The van der Waals surface area contributed by atoms with Gasteiger partial charge in [-0.25, -0.2) is 0 Å². The van der Waals surface area contributed by atoms with Crippen LogP contribution in [0.4, 0.5) is 0 Å². The van der Waals surface area contributed by atoms with Crippen LogP contribution in [0.1, 0.15) is 70.6 Å². The van der Waals surface area contributed by atoms with E-state index in [0.29, 0.717) is 5.25 Å². The van der Waals surface area contributed by atoms with Gasteiger partial charge in [0.25, 0.3) is 0 Å². The van der Waals surface area contributed by atoms with Gasteiger partial charge < -0.3 is 0 Å². The van der Waals surface area contributed by atoms with Crippen molar-refractivity contribution in [3.8, 4) is 0 Å². The molecule has 1 fully saturated rings. The van der Waals surface area contributed by atoms with Crippen molar-refractivity contribution >= 4 is 18.0 Å². The molecule has 0 spiro atoms. The monoisotopic (exact) mass is 265 g/mol. The number of hydrogen-bond acceptors (Lipinski definition) is 2. The van der Waals surface area contributed by atoms with Gasteiger partial charge in [-0.05, 0) is 24.2 Å². The molecule has 2 rings (SSSR count). The number of rotatable bonds is 1. The van der Waals surface area contributed by atoms with Gasteiger partial charge in [0.05, 0.1) is 0 Å². The Morgan fingerprint density at radius 1 is 0.778 bits per heavy atom. The van der Waals surface area contributed by atoms with Crippen LogP contribution in [-0.4, -0.2) is 11.5 Å². The summed E-state index contributed by atoms with van der Waals surface area (Å²) in [5.74, 6) is 0.864. The second-order valence-corrected chi connectivity index (χ2v) is 6.79. The van der Waals surface area contributed by atoms with E-state index in [9.17, 15) is 0 Å². The standard InChI is InChI=1S/C16H27NS/c1-2-4-6-8-10-15(11-9-7-5-3-1)16-14-17-12-13-18-16/h12-16H,1-11H2. The van der Waals surface area contributed by atoms with E-state index >= 15 is 0 Å². The van der Waals surface area contributed by atoms with Gasteiger partial charge in [-0.15, -0.1) is 11.8 Å². The third kappa shape index (κ3) is 5.17. The Bertz CT molecular complexity index is 260. The average Bonchev–Trinajstić information content (AvgIpc) is 2.40. The third-order valence-corrected chi connectivity index (χ3v) is 5.33. The lowest BCUT2D eigenvalue weighted by Gasteiger charge is -2.24. The molecule has 1 heterocycles. The van der Waals surface area contributed by atoms with Gasteiger partial charge >= 0.3 is 0 Å². The van der Waals surface area contributed by atoms with E-state index in [1.807, 2.05) is 18.0 Å². The first kappa shape index (κ1) is 14.2. The number of aliphatic imine (C=N–C) groups is 1. The first-order valence-electron chi connectivity index (χ1n) is 7.80. The van der Waals surface area contributed by atoms with E-state index in [1.54, 1.807) is 0 Å². The van der Waals surface area contributed by atoms with Crippen LogP contribution in [0, 0.1) is 5.92 Å². The van der Waals surface area contributed by atoms with Crippen molar-refractivity contribution in [1.29, 1.82) is 0 Å². The molecule has 2 aliphatic rings. The Morgan fingerprint density at radius 3 is 1.83 bits per heavy atom. The molecule has 18 heavy (non-hydrogen) atoms. The second kappa shape index (κ2) is 8.79. The van der Waals surface area contributed by atoms with Crippen molar-refractivity contribution in [3.05, 3.63) is 11.6 Å². The number of thioether (sulfide) groups is 1. The Labute approximate surface area is 117 Å². The molecule has 102 valence electrons. The molecule has 0 aromatic carbocycles. The summed E-state index contributed by atoms with van der Waals surface area (Å²) in [5.41, 5.74) is 0. The van der Waals surface area contributed by atoms with Crippen LogP contribution in [-0.2, 0) is 0 Å². The molecule has 1 atom stereocenters. The lowest BCUT2D eigenvalue weighted by atomic mass is 9.90. The molecule has 1 nitrogen and oxygen atoms in total. The minimum atomic E-state index is 0.651. The molecule has 0 aromatic rings. The van der Waals surface area contributed by atoms with Crippen LogP contribution in [0.15, 0.2) is 16.6 Å². The van der Waals surface area contributed by atoms with Crippen LogP contribution in [0.25, 0.3) is 0 Å². The van der Waals surface area contributed by atoms with Crippen LogP contribution in [0.3, 0.4) is 0 Å². The van der Waals surface area contributed by atoms with Gasteiger partial charge in [-0.1, -0.05) is 57.8 Å². The maximum absolute atomic E-state index is 4.34. The zero-order chi connectivity index (χ0) is 12.5. The molecular formula is C16H27NS. The summed E-state index contributed by atoms with van der Waals surface area (Å²) in [7, 11) is 0. The Kier molecular flexibility index (Phi) is 6.92. The molecule has 0 radical (unpaired) electrons. The fourth-order valence-electron chi connectivity index (χ4n) is 3.09. The van der Waals surface area contributed by atoms with Crippen LogP contribution < -0.4 is 0 Å². The highest BCUT2D eigenvalue weighted by molar-refractivity contribution is 8.03. The van der Waals surface area contributed by atoms with Gasteiger partial charge in [0.2, 0.25) is 0 Å². The fourth-order valence-corrected chi connectivity index (χ4v) is 4.04. The highest BCUT2D eigenvalue weighted by Gasteiger charge is 2.20. The minimum Gasteiger partial charge on any atom is -0.267 e. The maximum atomic E-state index is 4.34. The Balaban J connectivity index is 1.81. The second-order valence-electron chi connectivity index (χ2n) is 5.70. The van der Waals surface area contributed by atoms with Crippen molar-refractivity contribution in [2.45, 2.75) is 75.9 Å². The quantitative estimate of drug-likeness (QED) is 0.604. The predicted molar refractivity (Wildman–Crippen MR) is 83.3 cm³/mol. The van der Waals surface area contributed by atoms with E-state index in [0.717, 1.165) is 5.92 Å². The van der Waals surface area contributed by atoms with E-state index in [1.165, 1.54) is 70.6 Å². The minimum absolute atomic E-state index is 0.651. The molecule has 0 aromatic heterocycles.